The van der Waals surface area contributed by atoms with E-state index in [1.165, 1.54) is 18.5 Å². The van der Waals surface area contributed by atoms with E-state index in [0.717, 1.165) is 39.3 Å². The molecule has 0 radical (unpaired) electrons. The molecule has 0 aliphatic carbocycles. The van der Waals surface area contributed by atoms with Crippen LogP contribution in [0, 0.1) is 12.7 Å². The van der Waals surface area contributed by atoms with Crippen molar-refractivity contribution in [3.8, 4) is 17.2 Å². The Labute approximate surface area is 201 Å². The second kappa shape index (κ2) is 8.16. The average molecular weight is 471 g/mol. The van der Waals surface area contributed by atoms with Gasteiger partial charge in [0.15, 0.2) is 11.5 Å². The zero-order valence-corrected chi connectivity index (χ0v) is 19.4. The van der Waals surface area contributed by atoms with Gasteiger partial charge in [-0.1, -0.05) is 29.8 Å². The normalized spacial score (nSPS) is 18.1. The van der Waals surface area contributed by atoms with E-state index in [-0.39, 0.29) is 11.9 Å². The maximum absolute atomic E-state index is 13.9. The number of ether oxygens (including phenoxy) is 3. The van der Waals surface area contributed by atoms with Gasteiger partial charge >= 0.3 is 0 Å². The van der Waals surface area contributed by atoms with Gasteiger partial charge in [-0.2, -0.15) is 10.1 Å². The van der Waals surface area contributed by atoms with Gasteiger partial charge in [-0.3, -0.25) is 0 Å². The standard InChI is InChI=1S/C27H23FN4O3/c1-15-4-10-20-19(12-15)24-23(26(35-20)17-7-11-21(33-2)22(13-17)34-3)25(16-5-8-18(28)9-6-16)32-27(31-24)29-14-30-32/h4-14,25-26H,1-3H3,(H,29,30,31). The first-order valence-corrected chi connectivity index (χ1v) is 11.2. The van der Waals surface area contributed by atoms with Gasteiger partial charge in [0.05, 0.1) is 19.9 Å². The van der Waals surface area contributed by atoms with Crippen LogP contribution in [0.15, 0.2) is 72.6 Å². The first-order chi connectivity index (χ1) is 17.1. The number of aryl methyl sites for hydroxylation is 1. The summed E-state index contributed by atoms with van der Waals surface area (Å²) in [6.45, 7) is 2.05. The Morgan fingerprint density at radius 2 is 1.71 bits per heavy atom. The molecular weight excluding hydrogens is 447 g/mol. The number of fused-ring (bicyclic) bond motifs is 3. The van der Waals surface area contributed by atoms with Crippen LogP contribution in [0.1, 0.15) is 34.4 Å². The van der Waals surface area contributed by atoms with E-state index in [2.05, 4.69) is 21.5 Å². The lowest BCUT2D eigenvalue weighted by Crippen LogP contribution is -2.32. The largest absolute Gasteiger partial charge is 0.493 e. The van der Waals surface area contributed by atoms with Crippen LogP contribution in [0.5, 0.6) is 17.2 Å². The summed E-state index contributed by atoms with van der Waals surface area (Å²) in [5.41, 5.74) is 5.66. The Hall–Kier alpha value is -4.33. The molecule has 3 heterocycles. The molecule has 6 rings (SSSR count). The van der Waals surface area contributed by atoms with Crippen molar-refractivity contribution in [2.45, 2.75) is 19.1 Å². The summed E-state index contributed by atoms with van der Waals surface area (Å²) in [7, 11) is 3.22. The minimum atomic E-state index is -0.472. The number of anilines is 1. The number of nitrogens with zero attached hydrogens (tertiary/aromatic N) is 3. The van der Waals surface area contributed by atoms with Crippen molar-refractivity contribution in [1.29, 1.82) is 0 Å². The molecule has 0 spiro atoms. The molecule has 35 heavy (non-hydrogen) atoms. The summed E-state index contributed by atoms with van der Waals surface area (Å²) < 4.78 is 33.3. The Balaban J connectivity index is 1.61. The molecule has 7 nitrogen and oxygen atoms in total. The number of hydrogen-bond donors (Lipinski definition) is 1. The zero-order chi connectivity index (χ0) is 24.1. The number of aromatic nitrogens is 3. The van der Waals surface area contributed by atoms with E-state index < -0.39 is 6.10 Å². The molecule has 2 atom stereocenters. The molecule has 0 saturated carbocycles. The fourth-order valence-electron chi connectivity index (χ4n) is 4.84. The van der Waals surface area contributed by atoms with Crippen LogP contribution < -0.4 is 19.5 Å². The molecule has 3 aromatic carbocycles. The quantitative estimate of drug-likeness (QED) is 0.436. The minimum absolute atomic E-state index is 0.298. The fourth-order valence-corrected chi connectivity index (χ4v) is 4.84. The van der Waals surface area contributed by atoms with Crippen molar-refractivity contribution in [3.05, 3.63) is 101 Å². The monoisotopic (exact) mass is 470 g/mol. The number of nitrogens with one attached hydrogen (secondary N) is 1. The number of halogens is 1. The molecule has 0 saturated heterocycles. The van der Waals surface area contributed by atoms with Crippen LogP contribution >= 0.6 is 0 Å². The van der Waals surface area contributed by atoms with Crippen molar-refractivity contribution in [2.75, 3.05) is 19.5 Å². The third-order valence-electron chi connectivity index (χ3n) is 6.47. The van der Waals surface area contributed by atoms with Crippen LogP contribution in [0.3, 0.4) is 0 Å². The average Bonchev–Trinajstić information content (AvgIpc) is 3.35. The number of methoxy groups -OCH3 is 2. The number of hydrogen-bond acceptors (Lipinski definition) is 6. The highest BCUT2D eigenvalue weighted by Crippen LogP contribution is 2.51. The molecule has 8 heteroatoms. The lowest BCUT2D eigenvalue weighted by molar-refractivity contribution is 0.222. The predicted molar refractivity (Wildman–Crippen MR) is 129 cm³/mol. The Morgan fingerprint density at radius 1 is 0.943 bits per heavy atom. The van der Waals surface area contributed by atoms with Gasteiger partial charge in [0.2, 0.25) is 5.95 Å². The third-order valence-corrected chi connectivity index (χ3v) is 6.47. The predicted octanol–water partition coefficient (Wildman–Crippen LogP) is 5.30. The van der Waals surface area contributed by atoms with Gasteiger partial charge in [-0.05, 0) is 48.9 Å². The Bertz CT molecular complexity index is 1460. The lowest BCUT2D eigenvalue weighted by atomic mass is 9.84. The molecule has 1 N–H and O–H groups in total. The summed E-state index contributed by atoms with van der Waals surface area (Å²) in [5.74, 6) is 2.31. The molecule has 2 aliphatic rings. The van der Waals surface area contributed by atoms with Crippen molar-refractivity contribution in [2.24, 2.45) is 0 Å². The van der Waals surface area contributed by atoms with Crippen LogP contribution in [-0.2, 0) is 0 Å². The topological polar surface area (TPSA) is 70.4 Å². The summed E-state index contributed by atoms with van der Waals surface area (Å²) >= 11 is 0. The summed E-state index contributed by atoms with van der Waals surface area (Å²) in [6.07, 6.45) is 1.04. The van der Waals surface area contributed by atoms with Crippen molar-refractivity contribution in [1.82, 2.24) is 14.8 Å². The first kappa shape index (κ1) is 21.2. The van der Waals surface area contributed by atoms with Gasteiger partial charge in [0.1, 0.15) is 30.0 Å². The van der Waals surface area contributed by atoms with Gasteiger partial charge in [0.25, 0.3) is 0 Å². The summed E-state index contributed by atoms with van der Waals surface area (Å²) in [6, 6.07) is 18.0. The van der Waals surface area contributed by atoms with E-state index in [0.29, 0.717) is 17.4 Å². The molecule has 1 aromatic heterocycles. The highest BCUT2D eigenvalue weighted by molar-refractivity contribution is 5.85. The van der Waals surface area contributed by atoms with E-state index in [9.17, 15) is 4.39 Å². The van der Waals surface area contributed by atoms with Crippen LogP contribution in [0.2, 0.25) is 0 Å². The van der Waals surface area contributed by atoms with Gasteiger partial charge in [-0.15, -0.1) is 0 Å². The molecule has 2 unspecified atom stereocenters. The molecule has 176 valence electrons. The van der Waals surface area contributed by atoms with E-state index in [1.807, 2.05) is 41.9 Å². The molecular formula is C27H23FN4O3. The van der Waals surface area contributed by atoms with Gasteiger partial charge in [0, 0.05) is 16.7 Å². The first-order valence-electron chi connectivity index (χ1n) is 11.2. The maximum Gasteiger partial charge on any atom is 0.226 e. The summed E-state index contributed by atoms with van der Waals surface area (Å²) in [4.78, 5) is 4.44. The van der Waals surface area contributed by atoms with Crippen molar-refractivity contribution < 1.29 is 18.6 Å². The molecule has 4 aromatic rings. The van der Waals surface area contributed by atoms with E-state index in [1.54, 1.807) is 26.4 Å². The highest BCUT2D eigenvalue weighted by Gasteiger charge is 2.41. The zero-order valence-electron chi connectivity index (χ0n) is 19.4. The van der Waals surface area contributed by atoms with E-state index in [4.69, 9.17) is 14.2 Å². The van der Waals surface area contributed by atoms with Crippen molar-refractivity contribution >= 4 is 11.6 Å². The van der Waals surface area contributed by atoms with Crippen LogP contribution in [0.4, 0.5) is 10.3 Å². The van der Waals surface area contributed by atoms with Crippen LogP contribution in [0.25, 0.3) is 5.70 Å². The maximum atomic E-state index is 13.9. The van der Waals surface area contributed by atoms with E-state index >= 15 is 0 Å². The van der Waals surface area contributed by atoms with Gasteiger partial charge in [-0.25, -0.2) is 9.07 Å². The third kappa shape index (κ3) is 3.41. The smallest absolute Gasteiger partial charge is 0.226 e. The van der Waals surface area contributed by atoms with Gasteiger partial charge < -0.3 is 19.5 Å². The molecule has 0 bridgehead atoms. The van der Waals surface area contributed by atoms with Crippen LogP contribution in [-0.4, -0.2) is 29.0 Å². The summed E-state index contributed by atoms with van der Waals surface area (Å²) in [5, 5.41) is 7.99. The molecule has 0 fully saturated rings. The molecule has 2 aliphatic heterocycles. The number of benzene rings is 3. The second-order valence-corrected chi connectivity index (χ2v) is 8.55. The second-order valence-electron chi connectivity index (χ2n) is 8.55. The van der Waals surface area contributed by atoms with Crippen molar-refractivity contribution in [3.63, 3.8) is 0 Å². The highest BCUT2D eigenvalue weighted by atomic mass is 19.1. The fraction of sp³-hybridized carbons (Fsp3) is 0.185. The Kier molecular flexibility index (Phi) is 4.95. The lowest BCUT2D eigenvalue weighted by Gasteiger charge is -2.39. The number of rotatable bonds is 4. The SMILES string of the molecule is COc1ccc(C2Oc3ccc(C)cc3C3=C2C(c2ccc(F)cc2)n2ncnc2N3)cc1OC. The molecule has 0 amide bonds. The Morgan fingerprint density at radius 3 is 2.49 bits per heavy atom. The minimum Gasteiger partial charge on any atom is -0.493 e.